The topological polar surface area (TPSA) is 122 Å². The van der Waals surface area contributed by atoms with E-state index in [2.05, 4.69) is 9.88 Å². The molecule has 0 spiro atoms. The lowest BCUT2D eigenvalue weighted by Gasteiger charge is -2.08. The Balaban J connectivity index is 2.27. The summed E-state index contributed by atoms with van der Waals surface area (Å²) < 4.78 is 31.7. The van der Waals surface area contributed by atoms with Crippen LogP contribution in [0.25, 0.3) is 0 Å². The highest BCUT2D eigenvalue weighted by Crippen LogP contribution is 2.22. The van der Waals surface area contributed by atoms with Crippen molar-refractivity contribution in [3.05, 3.63) is 41.3 Å². The Morgan fingerprint density at radius 3 is 2.33 bits per heavy atom. The van der Waals surface area contributed by atoms with Gasteiger partial charge in [0.25, 0.3) is 15.9 Å². The summed E-state index contributed by atoms with van der Waals surface area (Å²) in [7, 11) is -3.83. The van der Waals surface area contributed by atoms with E-state index in [-0.39, 0.29) is 27.6 Å². The molecule has 0 saturated heterocycles. The number of amides is 1. The van der Waals surface area contributed by atoms with Crippen LogP contribution in [0.2, 0.25) is 0 Å². The van der Waals surface area contributed by atoms with E-state index in [0.717, 1.165) is 0 Å². The van der Waals surface area contributed by atoms with Gasteiger partial charge in [-0.15, -0.1) is 0 Å². The number of aromatic nitrogens is 1. The fraction of sp³-hybridized carbons (Fsp3) is 0.167. The summed E-state index contributed by atoms with van der Waals surface area (Å²) >= 11 is 0. The zero-order chi connectivity index (χ0) is 15.6. The van der Waals surface area contributed by atoms with Gasteiger partial charge in [0.05, 0.1) is 0 Å². The SMILES string of the molecule is Cc1noc(C)c1S(=O)(=O)Nc1ccc(C(=O)NO)cc1. The molecule has 8 nitrogen and oxygen atoms in total. The van der Waals surface area contributed by atoms with Gasteiger partial charge in [0.15, 0.2) is 10.7 Å². The summed E-state index contributed by atoms with van der Waals surface area (Å²) in [6, 6.07) is 5.55. The smallest absolute Gasteiger partial charge is 0.274 e. The molecule has 112 valence electrons. The number of benzene rings is 1. The minimum atomic E-state index is -3.83. The number of carbonyl (C=O) groups excluding carboxylic acids is 1. The third-order valence-corrected chi connectivity index (χ3v) is 4.36. The number of carbonyl (C=O) groups is 1. The highest BCUT2D eigenvalue weighted by Gasteiger charge is 2.24. The molecule has 1 amide bonds. The molecule has 2 rings (SSSR count). The van der Waals surface area contributed by atoms with Crippen molar-refractivity contribution >= 4 is 21.6 Å². The molecular weight excluding hydrogens is 298 g/mol. The van der Waals surface area contributed by atoms with Gasteiger partial charge in [-0.3, -0.25) is 14.7 Å². The molecule has 2 aromatic rings. The molecular formula is C12H13N3O5S. The standard InChI is InChI=1S/C12H13N3O5S/c1-7-11(8(2)20-14-7)21(18,19)15-10-5-3-9(4-6-10)12(16)13-17/h3-6,15,17H,1-2H3,(H,13,16). The molecule has 0 saturated carbocycles. The summed E-state index contributed by atoms with van der Waals surface area (Å²) in [5.41, 5.74) is 2.21. The summed E-state index contributed by atoms with van der Waals surface area (Å²) in [5, 5.41) is 12.1. The summed E-state index contributed by atoms with van der Waals surface area (Å²) in [5.74, 6) is -0.494. The van der Waals surface area contributed by atoms with Gasteiger partial charge in [0, 0.05) is 11.3 Å². The van der Waals surface area contributed by atoms with Crippen LogP contribution in [0.1, 0.15) is 21.8 Å². The van der Waals surface area contributed by atoms with Crippen LogP contribution in [0.4, 0.5) is 5.69 Å². The van der Waals surface area contributed by atoms with Crippen LogP contribution < -0.4 is 10.2 Å². The average Bonchev–Trinajstić information content (AvgIpc) is 2.78. The Hall–Kier alpha value is -2.39. The quantitative estimate of drug-likeness (QED) is 0.576. The molecule has 0 fully saturated rings. The lowest BCUT2D eigenvalue weighted by molar-refractivity contribution is 0.0706. The molecule has 0 aliphatic heterocycles. The van der Waals surface area contributed by atoms with Gasteiger partial charge in [0.1, 0.15) is 5.69 Å². The van der Waals surface area contributed by atoms with Gasteiger partial charge >= 0.3 is 0 Å². The highest BCUT2D eigenvalue weighted by molar-refractivity contribution is 7.92. The van der Waals surface area contributed by atoms with Crippen molar-refractivity contribution in [1.82, 2.24) is 10.6 Å². The number of hydroxylamine groups is 1. The number of hydrogen-bond acceptors (Lipinski definition) is 6. The van der Waals surface area contributed by atoms with E-state index >= 15 is 0 Å². The Bertz CT molecular complexity index is 745. The fourth-order valence-corrected chi connectivity index (χ4v) is 3.21. The number of nitrogens with one attached hydrogen (secondary N) is 2. The molecule has 1 aromatic carbocycles. The number of sulfonamides is 1. The molecule has 9 heteroatoms. The van der Waals surface area contributed by atoms with E-state index in [1.165, 1.54) is 43.6 Å². The molecule has 0 aliphatic carbocycles. The van der Waals surface area contributed by atoms with Gasteiger partial charge in [-0.25, -0.2) is 13.9 Å². The van der Waals surface area contributed by atoms with E-state index in [1.807, 2.05) is 0 Å². The maximum atomic E-state index is 12.2. The van der Waals surface area contributed by atoms with Crippen LogP contribution in [0, 0.1) is 13.8 Å². The largest absolute Gasteiger partial charge is 0.360 e. The number of anilines is 1. The number of rotatable bonds is 4. The Labute approximate surface area is 120 Å². The van der Waals surface area contributed by atoms with Crippen molar-refractivity contribution in [2.75, 3.05) is 4.72 Å². The third-order valence-electron chi connectivity index (χ3n) is 2.74. The molecule has 0 atom stereocenters. The van der Waals surface area contributed by atoms with Crippen molar-refractivity contribution in [3.63, 3.8) is 0 Å². The lowest BCUT2D eigenvalue weighted by Crippen LogP contribution is -2.18. The molecule has 21 heavy (non-hydrogen) atoms. The second-order valence-electron chi connectivity index (χ2n) is 4.28. The maximum absolute atomic E-state index is 12.2. The third kappa shape index (κ3) is 3.03. The van der Waals surface area contributed by atoms with Gasteiger partial charge in [-0.2, -0.15) is 0 Å². The fourth-order valence-electron chi connectivity index (χ4n) is 1.82. The molecule has 1 heterocycles. The second-order valence-corrected chi connectivity index (χ2v) is 5.90. The number of aryl methyl sites for hydroxylation is 2. The monoisotopic (exact) mass is 311 g/mol. The van der Waals surface area contributed by atoms with Gasteiger partial charge < -0.3 is 4.52 Å². The van der Waals surface area contributed by atoms with Gasteiger partial charge in [-0.1, -0.05) is 5.16 Å². The van der Waals surface area contributed by atoms with Crippen LogP contribution in [-0.2, 0) is 10.0 Å². The second kappa shape index (κ2) is 5.54. The molecule has 0 radical (unpaired) electrons. The van der Waals surface area contributed by atoms with Crippen molar-refractivity contribution < 1.29 is 22.9 Å². The number of nitrogens with zero attached hydrogens (tertiary/aromatic N) is 1. The van der Waals surface area contributed by atoms with Gasteiger partial charge in [-0.05, 0) is 38.1 Å². The molecule has 3 N–H and O–H groups in total. The van der Waals surface area contributed by atoms with E-state index in [0.29, 0.717) is 0 Å². The lowest BCUT2D eigenvalue weighted by atomic mass is 10.2. The van der Waals surface area contributed by atoms with Gasteiger partial charge in [0.2, 0.25) is 0 Å². The van der Waals surface area contributed by atoms with Crippen LogP contribution in [0.15, 0.2) is 33.7 Å². The Kier molecular flexibility index (Phi) is 3.96. The average molecular weight is 311 g/mol. The summed E-state index contributed by atoms with van der Waals surface area (Å²) in [6.45, 7) is 3.03. The number of hydrogen-bond donors (Lipinski definition) is 3. The zero-order valence-electron chi connectivity index (χ0n) is 11.2. The normalized spacial score (nSPS) is 11.2. The predicted octanol–water partition coefficient (Wildman–Crippen LogP) is 1.21. The van der Waals surface area contributed by atoms with E-state index < -0.39 is 15.9 Å². The van der Waals surface area contributed by atoms with Crippen molar-refractivity contribution in [2.24, 2.45) is 0 Å². The first-order valence-electron chi connectivity index (χ1n) is 5.85. The summed E-state index contributed by atoms with van der Waals surface area (Å²) in [6.07, 6.45) is 0. The Morgan fingerprint density at radius 1 is 1.24 bits per heavy atom. The van der Waals surface area contributed by atoms with Crippen molar-refractivity contribution in [2.45, 2.75) is 18.7 Å². The zero-order valence-corrected chi connectivity index (χ0v) is 12.1. The minimum Gasteiger partial charge on any atom is -0.360 e. The maximum Gasteiger partial charge on any atom is 0.274 e. The first kappa shape index (κ1) is 15.0. The molecule has 0 bridgehead atoms. The van der Waals surface area contributed by atoms with E-state index in [1.54, 1.807) is 0 Å². The van der Waals surface area contributed by atoms with Crippen LogP contribution in [0.5, 0.6) is 0 Å². The first-order chi connectivity index (χ1) is 9.85. The first-order valence-corrected chi connectivity index (χ1v) is 7.33. The van der Waals surface area contributed by atoms with Crippen LogP contribution in [-0.4, -0.2) is 24.7 Å². The molecule has 1 aromatic heterocycles. The summed E-state index contributed by atoms with van der Waals surface area (Å²) in [4.78, 5) is 11.2. The van der Waals surface area contributed by atoms with Crippen LogP contribution in [0.3, 0.4) is 0 Å². The Morgan fingerprint density at radius 2 is 1.86 bits per heavy atom. The van der Waals surface area contributed by atoms with Crippen LogP contribution >= 0.6 is 0 Å². The molecule has 0 unspecified atom stereocenters. The van der Waals surface area contributed by atoms with E-state index in [9.17, 15) is 13.2 Å². The van der Waals surface area contributed by atoms with Crippen molar-refractivity contribution in [3.8, 4) is 0 Å². The highest BCUT2D eigenvalue weighted by atomic mass is 32.2. The van der Waals surface area contributed by atoms with E-state index in [4.69, 9.17) is 9.73 Å². The molecule has 0 aliphatic rings. The minimum absolute atomic E-state index is 0.0142. The predicted molar refractivity (Wildman–Crippen MR) is 72.5 cm³/mol. The van der Waals surface area contributed by atoms with Crippen molar-refractivity contribution in [1.29, 1.82) is 0 Å².